The maximum Gasteiger partial charge on any atom is 0.138 e. The van der Waals surface area contributed by atoms with Gasteiger partial charge in [-0.05, 0) is 37.1 Å². The molecular formula is C14H22ClNO2. The summed E-state index contributed by atoms with van der Waals surface area (Å²) in [4.78, 5) is 0. The predicted octanol–water partition coefficient (Wildman–Crippen LogP) is 3.08. The quantitative estimate of drug-likeness (QED) is 0.835. The zero-order valence-electron chi connectivity index (χ0n) is 11.5. The van der Waals surface area contributed by atoms with Crippen molar-refractivity contribution in [3.63, 3.8) is 0 Å². The highest BCUT2D eigenvalue weighted by Gasteiger charge is 2.14. The van der Waals surface area contributed by atoms with Crippen molar-refractivity contribution in [2.24, 2.45) is 0 Å². The fraction of sp³-hybridized carbons (Fsp3) is 0.571. The number of benzene rings is 1. The fourth-order valence-electron chi connectivity index (χ4n) is 1.75. The van der Waals surface area contributed by atoms with E-state index in [0.717, 1.165) is 11.1 Å². The van der Waals surface area contributed by atoms with Crippen molar-refractivity contribution < 1.29 is 9.84 Å². The number of ether oxygens (including phenoxy) is 1. The molecule has 0 aromatic heterocycles. The summed E-state index contributed by atoms with van der Waals surface area (Å²) >= 11 is 6.13. The van der Waals surface area contributed by atoms with Crippen LogP contribution in [0.25, 0.3) is 0 Å². The van der Waals surface area contributed by atoms with E-state index in [2.05, 4.69) is 5.32 Å². The van der Waals surface area contributed by atoms with Gasteiger partial charge in [0.1, 0.15) is 5.75 Å². The highest BCUT2D eigenvalue weighted by Crippen LogP contribution is 2.30. The lowest BCUT2D eigenvalue weighted by molar-refractivity contribution is 0.171. The van der Waals surface area contributed by atoms with Gasteiger partial charge < -0.3 is 15.2 Å². The van der Waals surface area contributed by atoms with Crippen molar-refractivity contribution in [2.75, 3.05) is 13.2 Å². The van der Waals surface area contributed by atoms with E-state index in [1.807, 2.05) is 33.8 Å². The molecule has 4 heteroatoms. The second-order valence-corrected chi connectivity index (χ2v) is 5.06. The SMILES string of the molecule is CCOc1cc(C)c(C(O)CNC(C)C)cc1Cl. The molecule has 0 fully saturated rings. The first-order valence-electron chi connectivity index (χ1n) is 6.30. The van der Waals surface area contributed by atoms with Crippen LogP contribution in [0.1, 0.15) is 38.0 Å². The number of hydrogen-bond acceptors (Lipinski definition) is 3. The van der Waals surface area contributed by atoms with Gasteiger partial charge in [0.25, 0.3) is 0 Å². The van der Waals surface area contributed by atoms with Crippen LogP contribution in [-0.4, -0.2) is 24.3 Å². The van der Waals surface area contributed by atoms with Crippen molar-refractivity contribution in [2.45, 2.75) is 39.8 Å². The van der Waals surface area contributed by atoms with Crippen LogP contribution in [0, 0.1) is 6.92 Å². The number of aryl methyl sites for hydroxylation is 1. The summed E-state index contributed by atoms with van der Waals surface area (Å²) < 4.78 is 5.42. The van der Waals surface area contributed by atoms with Crippen LogP contribution < -0.4 is 10.1 Å². The molecule has 3 nitrogen and oxygen atoms in total. The Morgan fingerprint density at radius 1 is 1.39 bits per heavy atom. The molecule has 1 atom stereocenters. The Labute approximate surface area is 114 Å². The van der Waals surface area contributed by atoms with Crippen molar-refractivity contribution in [3.05, 3.63) is 28.3 Å². The summed E-state index contributed by atoms with van der Waals surface area (Å²) in [6.07, 6.45) is -0.555. The molecule has 102 valence electrons. The van der Waals surface area contributed by atoms with Gasteiger partial charge in [-0.2, -0.15) is 0 Å². The number of hydrogen-bond donors (Lipinski definition) is 2. The fourth-order valence-corrected chi connectivity index (χ4v) is 1.98. The smallest absolute Gasteiger partial charge is 0.138 e. The van der Waals surface area contributed by atoms with E-state index in [1.54, 1.807) is 6.07 Å². The van der Waals surface area contributed by atoms with Crippen LogP contribution in [0.15, 0.2) is 12.1 Å². The maximum absolute atomic E-state index is 10.1. The van der Waals surface area contributed by atoms with E-state index in [-0.39, 0.29) is 0 Å². The summed E-state index contributed by atoms with van der Waals surface area (Å²) in [6, 6.07) is 4.01. The number of halogens is 1. The Morgan fingerprint density at radius 3 is 2.61 bits per heavy atom. The molecule has 0 bridgehead atoms. The number of nitrogens with one attached hydrogen (secondary N) is 1. The first kappa shape index (κ1) is 15.3. The van der Waals surface area contributed by atoms with Crippen molar-refractivity contribution >= 4 is 11.6 Å². The number of rotatable bonds is 6. The monoisotopic (exact) mass is 271 g/mol. The van der Waals surface area contributed by atoms with Crippen molar-refractivity contribution in [3.8, 4) is 5.75 Å². The van der Waals surface area contributed by atoms with E-state index >= 15 is 0 Å². The molecule has 2 N–H and O–H groups in total. The maximum atomic E-state index is 10.1. The predicted molar refractivity (Wildman–Crippen MR) is 75.5 cm³/mol. The van der Waals surface area contributed by atoms with E-state index in [4.69, 9.17) is 16.3 Å². The molecule has 0 saturated heterocycles. The summed E-state index contributed by atoms with van der Waals surface area (Å²) in [5, 5.41) is 13.9. The van der Waals surface area contributed by atoms with E-state index in [9.17, 15) is 5.11 Å². The average molecular weight is 272 g/mol. The zero-order valence-corrected chi connectivity index (χ0v) is 12.2. The second-order valence-electron chi connectivity index (χ2n) is 4.65. The number of aliphatic hydroxyl groups excluding tert-OH is 1. The van der Waals surface area contributed by atoms with Gasteiger partial charge in [-0.1, -0.05) is 25.4 Å². The average Bonchev–Trinajstić information content (AvgIpc) is 2.30. The third kappa shape index (κ3) is 4.16. The van der Waals surface area contributed by atoms with Gasteiger partial charge in [0, 0.05) is 12.6 Å². The Hall–Kier alpha value is -0.770. The Bertz CT molecular complexity index is 394. The van der Waals surface area contributed by atoms with E-state index in [1.165, 1.54) is 0 Å². The summed E-state index contributed by atoms with van der Waals surface area (Å²) in [7, 11) is 0. The molecule has 0 aliphatic rings. The normalized spacial score (nSPS) is 12.8. The molecule has 0 aliphatic carbocycles. The topological polar surface area (TPSA) is 41.5 Å². The molecule has 1 rings (SSSR count). The summed E-state index contributed by atoms with van der Waals surface area (Å²) in [6.45, 7) is 9.06. The molecule has 0 amide bonds. The van der Waals surface area contributed by atoms with Gasteiger partial charge in [-0.15, -0.1) is 0 Å². The molecule has 0 spiro atoms. The van der Waals surface area contributed by atoms with Gasteiger partial charge >= 0.3 is 0 Å². The van der Waals surface area contributed by atoms with Gasteiger partial charge in [0.05, 0.1) is 17.7 Å². The van der Waals surface area contributed by atoms with Crippen LogP contribution >= 0.6 is 11.6 Å². The Balaban J connectivity index is 2.86. The lowest BCUT2D eigenvalue weighted by Gasteiger charge is -2.18. The minimum Gasteiger partial charge on any atom is -0.492 e. The first-order chi connectivity index (χ1) is 8.45. The minimum absolute atomic E-state index is 0.345. The largest absolute Gasteiger partial charge is 0.492 e. The molecule has 0 aliphatic heterocycles. The van der Waals surface area contributed by atoms with Crippen molar-refractivity contribution in [1.29, 1.82) is 0 Å². The summed E-state index contributed by atoms with van der Waals surface area (Å²) in [5.41, 5.74) is 1.83. The molecule has 0 radical (unpaired) electrons. The van der Waals surface area contributed by atoms with Gasteiger partial charge in [-0.25, -0.2) is 0 Å². The van der Waals surface area contributed by atoms with Crippen LogP contribution in [0.4, 0.5) is 0 Å². The van der Waals surface area contributed by atoms with E-state index in [0.29, 0.717) is 30.0 Å². The molecular weight excluding hydrogens is 250 g/mol. The van der Waals surface area contributed by atoms with Gasteiger partial charge in [0.15, 0.2) is 0 Å². The highest BCUT2D eigenvalue weighted by atomic mass is 35.5. The Kier molecular flexibility index (Phi) is 5.93. The summed E-state index contributed by atoms with van der Waals surface area (Å²) in [5.74, 6) is 0.671. The molecule has 1 aromatic rings. The number of aliphatic hydroxyl groups is 1. The minimum atomic E-state index is -0.555. The van der Waals surface area contributed by atoms with Crippen LogP contribution in [0.5, 0.6) is 5.75 Å². The second kappa shape index (κ2) is 6.98. The molecule has 1 aromatic carbocycles. The lowest BCUT2D eigenvalue weighted by atomic mass is 10.0. The van der Waals surface area contributed by atoms with Crippen LogP contribution in [0.3, 0.4) is 0 Å². The van der Waals surface area contributed by atoms with Gasteiger partial charge in [-0.3, -0.25) is 0 Å². The molecule has 18 heavy (non-hydrogen) atoms. The van der Waals surface area contributed by atoms with E-state index < -0.39 is 6.10 Å². The molecule has 0 saturated carbocycles. The van der Waals surface area contributed by atoms with Crippen molar-refractivity contribution in [1.82, 2.24) is 5.32 Å². The van der Waals surface area contributed by atoms with Gasteiger partial charge in [0.2, 0.25) is 0 Å². The third-order valence-corrected chi connectivity index (χ3v) is 2.99. The van der Waals surface area contributed by atoms with Crippen LogP contribution in [-0.2, 0) is 0 Å². The van der Waals surface area contributed by atoms with Crippen LogP contribution in [0.2, 0.25) is 5.02 Å². The molecule has 0 heterocycles. The Morgan fingerprint density at radius 2 is 2.06 bits per heavy atom. The first-order valence-corrected chi connectivity index (χ1v) is 6.67. The third-order valence-electron chi connectivity index (χ3n) is 2.70. The lowest BCUT2D eigenvalue weighted by Crippen LogP contribution is -2.28. The highest BCUT2D eigenvalue weighted by molar-refractivity contribution is 6.32. The zero-order chi connectivity index (χ0) is 13.7. The standard InChI is InChI=1S/C14H22ClNO2/c1-5-18-14-6-10(4)11(7-12(14)15)13(17)8-16-9(2)3/h6-7,9,13,16-17H,5,8H2,1-4H3. The molecule has 1 unspecified atom stereocenters.